The number of esters is 4. The molecule has 0 heterocycles. The van der Waals surface area contributed by atoms with Crippen molar-refractivity contribution in [1.29, 1.82) is 0 Å². The number of carbonyl (C=O) groups excluding carboxylic acids is 4. The lowest BCUT2D eigenvalue weighted by atomic mass is 10.0. The summed E-state index contributed by atoms with van der Waals surface area (Å²) in [6.07, 6.45) is -3.27. The lowest BCUT2D eigenvalue weighted by Gasteiger charge is -2.29. The number of aliphatic hydroxyl groups excluding tert-OH is 1. The highest BCUT2D eigenvalue weighted by atomic mass is 32.2. The van der Waals surface area contributed by atoms with Crippen molar-refractivity contribution in [3.8, 4) is 0 Å². The van der Waals surface area contributed by atoms with Crippen LogP contribution in [0.15, 0.2) is 35.2 Å². The molecule has 170 valence electrons. The van der Waals surface area contributed by atoms with Crippen LogP contribution in [0, 0.1) is 11.8 Å². The van der Waals surface area contributed by atoms with Crippen LogP contribution in [0.1, 0.15) is 27.7 Å². The minimum atomic E-state index is -1.20. The highest BCUT2D eigenvalue weighted by Crippen LogP contribution is 2.44. The molecule has 1 aliphatic rings. The number of ether oxygens (including phenoxy) is 4. The third-order valence-corrected chi connectivity index (χ3v) is 5.74. The van der Waals surface area contributed by atoms with Gasteiger partial charge in [0.15, 0.2) is 0 Å². The predicted octanol–water partition coefficient (Wildman–Crippen LogP) is 1.70. The van der Waals surface area contributed by atoms with E-state index in [9.17, 15) is 24.3 Å². The Hall–Kier alpha value is -2.59. The Labute approximate surface area is 184 Å². The van der Waals surface area contributed by atoms with Crippen LogP contribution >= 0.6 is 11.8 Å². The van der Waals surface area contributed by atoms with E-state index in [1.807, 2.05) is 6.07 Å². The first-order chi connectivity index (χ1) is 14.6. The van der Waals surface area contributed by atoms with Gasteiger partial charge in [-0.3, -0.25) is 19.2 Å². The Morgan fingerprint density at radius 2 is 1.35 bits per heavy atom. The summed E-state index contributed by atoms with van der Waals surface area (Å²) in [5.41, 5.74) is -1.20. The molecule has 1 saturated carbocycles. The highest BCUT2D eigenvalue weighted by Gasteiger charge is 2.59. The zero-order valence-electron chi connectivity index (χ0n) is 17.7. The fraction of sp³-hybridized carbons (Fsp3) is 0.524. The van der Waals surface area contributed by atoms with Gasteiger partial charge in [0.05, 0.1) is 11.8 Å². The highest BCUT2D eigenvalue weighted by molar-refractivity contribution is 7.99. The first kappa shape index (κ1) is 24.7. The van der Waals surface area contributed by atoms with Gasteiger partial charge in [0.1, 0.15) is 30.4 Å². The molecule has 6 atom stereocenters. The monoisotopic (exact) mass is 454 g/mol. The number of hydrogen-bond donors (Lipinski definition) is 1. The molecule has 1 aromatic rings. The van der Waals surface area contributed by atoms with Crippen molar-refractivity contribution in [3.63, 3.8) is 0 Å². The van der Waals surface area contributed by atoms with Crippen LogP contribution in [-0.2, 0) is 38.1 Å². The van der Waals surface area contributed by atoms with E-state index in [1.54, 1.807) is 24.3 Å². The van der Waals surface area contributed by atoms with Crippen LogP contribution in [0.4, 0.5) is 0 Å². The van der Waals surface area contributed by atoms with E-state index in [0.29, 0.717) is 0 Å². The molecule has 1 N–H and O–H groups in total. The van der Waals surface area contributed by atoms with Gasteiger partial charge in [-0.25, -0.2) is 0 Å². The third kappa shape index (κ3) is 6.96. The van der Waals surface area contributed by atoms with Gasteiger partial charge >= 0.3 is 23.9 Å². The summed E-state index contributed by atoms with van der Waals surface area (Å²) in [6.45, 7) is 4.49. The van der Waals surface area contributed by atoms with E-state index < -0.39 is 59.5 Å². The molecule has 1 aromatic carbocycles. The molecule has 3 unspecified atom stereocenters. The number of hydrogen-bond acceptors (Lipinski definition) is 10. The van der Waals surface area contributed by atoms with Crippen molar-refractivity contribution >= 4 is 35.6 Å². The van der Waals surface area contributed by atoms with E-state index in [2.05, 4.69) is 0 Å². The number of benzene rings is 1. The summed E-state index contributed by atoms with van der Waals surface area (Å²) in [7, 11) is 0. The van der Waals surface area contributed by atoms with E-state index in [4.69, 9.17) is 18.9 Å². The lowest BCUT2D eigenvalue weighted by Crippen LogP contribution is -2.40. The fourth-order valence-electron chi connectivity index (χ4n) is 3.61. The number of rotatable bonds is 8. The molecule has 0 radical (unpaired) electrons. The number of carbonyl (C=O) groups is 4. The first-order valence-electron chi connectivity index (χ1n) is 9.65. The maximum atomic E-state index is 11.8. The van der Waals surface area contributed by atoms with Crippen LogP contribution in [0.2, 0.25) is 0 Å². The normalized spacial score (nSPS) is 25.9. The first-order valence-corrected chi connectivity index (χ1v) is 10.5. The van der Waals surface area contributed by atoms with Gasteiger partial charge in [-0.15, -0.1) is 0 Å². The Balaban J connectivity index is 2.46. The molecule has 0 aliphatic heterocycles. The van der Waals surface area contributed by atoms with E-state index >= 15 is 0 Å². The second-order valence-electron chi connectivity index (χ2n) is 7.09. The molecule has 0 spiro atoms. The summed E-state index contributed by atoms with van der Waals surface area (Å²) in [5, 5.41) is 11.0. The van der Waals surface area contributed by atoms with Crippen LogP contribution < -0.4 is 0 Å². The van der Waals surface area contributed by atoms with Gasteiger partial charge in [-0.1, -0.05) is 30.0 Å². The maximum Gasteiger partial charge on any atom is 0.303 e. The summed E-state index contributed by atoms with van der Waals surface area (Å²) in [4.78, 5) is 47.5. The molecule has 10 heteroatoms. The van der Waals surface area contributed by atoms with E-state index in [0.717, 1.165) is 16.7 Å². The van der Waals surface area contributed by atoms with Crippen LogP contribution in [-0.4, -0.2) is 59.3 Å². The molecule has 2 rings (SSSR count). The zero-order valence-corrected chi connectivity index (χ0v) is 18.5. The van der Waals surface area contributed by atoms with Crippen LogP contribution in [0.3, 0.4) is 0 Å². The van der Waals surface area contributed by atoms with Crippen molar-refractivity contribution < 1.29 is 43.2 Å². The number of thioether (sulfide) groups is 1. The molecule has 0 saturated heterocycles. The predicted molar refractivity (Wildman–Crippen MR) is 109 cm³/mol. The van der Waals surface area contributed by atoms with Crippen molar-refractivity contribution in [2.45, 2.75) is 56.3 Å². The fourth-order valence-corrected chi connectivity index (χ4v) is 4.67. The third-order valence-electron chi connectivity index (χ3n) is 4.64. The van der Waals surface area contributed by atoms with Gasteiger partial charge in [-0.05, 0) is 12.1 Å². The average molecular weight is 454 g/mol. The Morgan fingerprint density at radius 1 is 0.839 bits per heavy atom. The van der Waals surface area contributed by atoms with Crippen molar-refractivity contribution in [2.75, 3.05) is 6.61 Å². The molecular weight excluding hydrogens is 428 g/mol. The van der Waals surface area contributed by atoms with E-state index in [1.165, 1.54) is 27.7 Å². The molecular formula is C21H26O9S. The Morgan fingerprint density at radius 3 is 1.87 bits per heavy atom. The van der Waals surface area contributed by atoms with Crippen molar-refractivity contribution in [1.82, 2.24) is 0 Å². The standard InChI is InChI=1S/C21H26O9S/c1-11(22)27-10-16-18(28-12(2)23)17(21(26)31-15-8-6-5-7-9-15)20(30-14(4)25)19(16)29-13(3)24/h5-9,16-21,26H,10H2,1-4H3/t16?,17-,18?,19-,20?,21-/m1/s1. The van der Waals surface area contributed by atoms with E-state index in [-0.39, 0.29) is 6.61 Å². The molecule has 0 aromatic heterocycles. The van der Waals surface area contributed by atoms with Crippen LogP contribution in [0.5, 0.6) is 0 Å². The maximum absolute atomic E-state index is 11.8. The summed E-state index contributed by atoms with van der Waals surface area (Å²) in [5.74, 6) is -4.37. The van der Waals surface area contributed by atoms with Gasteiger partial charge in [0.25, 0.3) is 0 Å². The molecule has 0 bridgehead atoms. The van der Waals surface area contributed by atoms with Gasteiger partial charge < -0.3 is 24.1 Å². The van der Waals surface area contributed by atoms with Crippen molar-refractivity contribution in [3.05, 3.63) is 30.3 Å². The largest absolute Gasteiger partial charge is 0.465 e. The summed E-state index contributed by atoms with van der Waals surface area (Å²) in [6, 6.07) is 8.97. The molecule has 0 amide bonds. The summed E-state index contributed by atoms with van der Waals surface area (Å²) >= 11 is 1.07. The molecule has 1 fully saturated rings. The van der Waals surface area contributed by atoms with Gasteiger partial charge in [-0.2, -0.15) is 0 Å². The quantitative estimate of drug-likeness (QED) is 0.268. The average Bonchev–Trinajstić information content (AvgIpc) is 2.91. The summed E-state index contributed by atoms with van der Waals surface area (Å²) < 4.78 is 21.4. The molecule has 9 nitrogen and oxygen atoms in total. The topological polar surface area (TPSA) is 125 Å². The second-order valence-corrected chi connectivity index (χ2v) is 8.28. The van der Waals surface area contributed by atoms with Gasteiger partial charge in [0, 0.05) is 32.6 Å². The Bertz CT molecular complexity index is 797. The SMILES string of the molecule is CC(=O)OCC1C(OC(C)=O)[C@@H]([C@H](O)Sc2ccccc2)C(OC(C)=O)[C@@H]1OC(C)=O. The minimum absolute atomic E-state index is 0.262. The second kappa shape index (κ2) is 11.1. The zero-order chi connectivity index (χ0) is 23.1. The lowest BCUT2D eigenvalue weighted by molar-refractivity contribution is -0.170. The molecule has 1 aliphatic carbocycles. The van der Waals surface area contributed by atoms with Crippen molar-refractivity contribution in [2.24, 2.45) is 11.8 Å². The number of aliphatic hydroxyl groups is 1. The van der Waals surface area contributed by atoms with Gasteiger partial charge in [0.2, 0.25) is 0 Å². The smallest absolute Gasteiger partial charge is 0.303 e. The minimum Gasteiger partial charge on any atom is -0.465 e. The Kier molecular flexibility index (Phi) is 8.88. The van der Waals surface area contributed by atoms with Crippen LogP contribution in [0.25, 0.3) is 0 Å². The molecule has 31 heavy (non-hydrogen) atoms.